The number of ether oxygens (including phenoxy) is 1. The Morgan fingerprint density at radius 2 is 1.94 bits per heavy atom. The zero-order valence-electron chi connectivity index (χ0n) is 17.1. The number of alkyl halides is 3. The Labute approximate surface area is 194 Å². The lowest BCUT2D eigenvalue weighted by Crippen LogP contribution is -2.39. The number of hydrogen-bond donors (Lipinski definition) is 3. The number of esters is 1. The van der Waals surface area contributed by atoms with Crippen LogP contribution in [0.2, 0.25) is 0 Å². The summed E-state index contributed by atoms with van der Waals surface area (Å²) < 4.78 is 38.0. The number of piperidine rings is 1. The van der Waals surface area contributed by atoms with Crippen molar-refractivity contribution < 1.29 is 37.4 Å². The fourth-order valence-corrected chi connectivity index (χ4v) is 4.13. The molecule has 2 saturated heterocycles. The molecule has 0 saturated carbocycles. The number of carbonyl (C=O) groups is 3. The number of pyridine rings is 2. The highest BCUT2D eigenvalue weighted by atomic mass is 79.9. The van der Waals surface area contributed by atoms with Crippen molar-refractivity contribution in [3.8, 4) is 0 Å². The van der Waals surface area contributed by atoms with E-state index in [1.54, 1.807) is 18.5 Å². The minimum Gasteiger partial charge on any atom is -0.475 e. The molecule has 0 aliphatic carbocycles. The first-order chi connectivity index (χ1) is 15.5. The summed E-state index contributed by atoms with van der Waals surface area (Å²) in [5.74, 6) is -3.16. The molecule has 1 atom stereocenters. The van der Waals surface area contributed by atoms with Crippen LogP contribution in [-0.2, 0) is 14.3 Å². The second-order valence-corrected chi connectivity index (χ2v) is 8.52. The largest absolute Gasteiger partial charge is 0.490 e. The smallest absolute Gasteiger partial charge is 0.475 e. The Kier molecular flexibility index (Phi) is 7.52. The normalized spacial score (nSPS) is 19.5. The molecule has 9 nitrogen and oxygen atoms in total. The molecule has 13 heteroatoms. The van der Waals surface area contributed by atoms with Crippen molar-refractivity contribution in [1.29, 1.82) is 0 Å². The highest BCUT2D eigenvalue weighted by Crippen LogP contribution is 2.41. The van der Waals surface area contributed by atoms with Crippen molar-refractivity contribution >= 4 is 44.7 Å². The molecule has 0 bridgehead atoms. The van der Waals surface area contributed by atoms with Crippen LogP contribution in [0.15, 0.2) is 29.0 Å². The van der Waals surface area contributed by atoms with Crippen molar-refractivity contribution in [2.24, 2.45) is 5.41 Å². The first kappa shape index (κ1) is 24.8. The van der Waals surface area contributed by atoms with Gasteiger partial charge in [0.25, 0.3) is 5.91 Å². The van der Waals surface area contributed by atoms with Gasteiger partial charge in [0.05, 0.1) is 21.9 Å². The Morgan fingerprint density at radius 1 is 1.27 bits per heavy atom. The third kappa shape index (κ3) is 5.96. The average Bonchev–Trinajstić information content (AvgIpc) is 3.07. The number of carboxylic acids is 1. The molecular weight excluding hydrogens is 513 g/mol. The summed E-state index contributed by atoms with van der Waals surface area (Å²) >= 11 is 3.40. The van der Waals surface area contributed by atoms with Gasteiger partial charge in [0.1, 0.15) is 11.8 Å². The van der Waals surface area contributed by atoms with Gasteiger partial charge in [-0.1, -0.05) is 0 Å². The fraction of sp³-hybridized carbons (Fsp3) is 0.450. The fourth-order valence-electron chi connectivity index (χ4n) is 3.70. The molecule has 1 unspecified atom stereocenters. The molecule has 3 N–H and O–H groups in total. The highest BCUT2D eigenvalue weighted by Gasteiger charge is 2.49. The van der Waals surface area contributed by atoms with E-state index in [4.69, 9.17) is 14.6 Å². The van der Waals surface area contributed by atoms with Gasteiger partial charge in [0.2, 0.25) is 0 Å². The average molecular weight is 533 g/mol. The van der Waals surface area contributed by atoms with E-state index in [1.807, 2.05) is 6.07 Å². The summed E-state index contributed by atoms with van der Waals surface area (Å²) in [6.45, 7) is 1.97. The topological polar surface area (TPSA) is 131 Å². The Hall–Kier alpha value is -2.80. The maximum Gasteiger partial charge on any atom is 0.490 e. The lowest BCUT2D eigenvalue weighted by atomic mass is 9.76. The number of nitrogens with zero attached hydrogens (tertiary/aromatic N) is 2. The van der Waals surface area contributed by atoms with Crippen molar-refractivity contribution in [2.45, 2.75) is 31.5 Å². The van der Waals surface area contributed by atoms with Crippen LogP contribution in [0.5, 0.6) is 0 Å². The third-order valence-electron chi connectivity index (χ3n) is 5.41. The molecular formula is C20H20BrF3N4O5. The number of hydrogen-bond acceptors (Lipinski definition) is 7. The van der Waals surface area contributed by atoms with E-state index in [1.165, 1.54) is 0 Å². The number of fused-ring (bicyclic) bond motifs is 1. The maximum atomic E-state index is 12.5. The van der Waals surface area contributed by atoms with E-state index in [2.05, 4.69) is 36.5 Å². The summed E-state index contributed by atoms with van der Waals surface area (Å²) in [5, 5.41) is 14.1. The van der Waals surface area contributed by atoms with E-state index >= 15 is 0 Å². The molecule has 2 fully saturated rings. The van der Waals surface area contributed by atoms with Crippen LogP contribution in [0, 0.1) is 5.41 Å². The van der Waals surface area contributed by atoms with Crippen LogP contribution in [0.25, 0.3) is 10.9 Å². The summed E-state index contributed by atoms with van der Waals surface area (Å²) in [6.07, 6.45) is 0.241. The molecule has 2 aromatic rings. The number of cyclic esters (lactones) is 1. The van der Waals surface area contributed by atoms with Crippen LogP contribution in [0.4, 0.5) is 13.2 Å². The molecule has 178 valence electrons. The molecule has 1 spiro atoms. The number of aliphatic carboxylic acids is 1. The van der Waals surface area contributed by atoms with Gasteiger partial charge in [-0.3, -0.25) is 14.6 Å². The number of halogens is 4. The van der Waals surface area contributed by atoms with Crippen LogP contribution >= 0.6 is 15.9 Å². The van der Waals surface area contributed by atoms with E-state index in [0.717, 1.165) is 35.8 Å². The van der Waals surface area contributed by atoms with Gasteiger partial charge in [-0.05, 0) is 54.0 Å². The monoisotopic (exact) mass is 532 g/mol. The van der Waals surface area contributed by atoms with Gasteiger partial charge in [0, 0.05) is 24.2 Å². The number of aromatic nitrogens is 2. The van der Waals surface area contributed by atoms with Gasteiger partial charge >= 0.3 is 18.1 Å². The number of carbonyl (C=O) groups excluding carboxylic acids is 2. The van der Waals surface area contributed by atoms with Gasteiger partial charge < -0.3 is 20.5 Å². The molecule has 33 heavy (non-hydrogen) atoms. The van der Waals surface area contributed by atoms with Crippen LogP contribution in [0.1, 0.15) is 29.8 Å². The van der Waals surface area contributed by atoms with Gasteiger partial charge in [-0.2, -0.15) is 13.2 Å². The molecule has 0 radical (unpaired) electrons. The van der Waals surface area contributed by atoms with Gasteiger partial charge in [-0.25, -0.2) is 9.78 Å². The van der Waals surface area contributed by atoms with Crippen LogP contribution < -0.4 is 10.6 Å². The number of rotatable bonds is 3. The van der Waals surface area contributed by atoms with Crippen LogP contribution in [0.3, 0.4) is 0 Å². The van der Waals surface area contributed by atoms with Gasteiger partial charge in [-0.15, -0.1) is 0 Å². The van der Waals surface area contributed by atoms with Crippen molar-refractivity contribution in [1.82, 2.24) is 20.6 Å². The second kappa shape index (κ2) is 10.00. The minimum atomic E-state index is -5.08. The molecule has 2 aliphatic rings. The Balaban J connectivity index is 0.000000383. The lowest BCUT2D eigenvalue weighted by Gasteiger charge is -2.29. The maximum absolute atomic E-state index is 12.5. The van der Waals surface area contributed by atoms with E-state index < -0.39 is 12.1 Å². The van der Waals surface area contributed by atoms with Crippen molar-refractivity contribution in [3.05, 3.63) is 34.7 Å². The Morgan fingerprint density at radius 3 is 2.58 bits per heavy atom. The first-order valence-electron chi connectivity index (χ1n) is 9.92. The SMILES string of the molecule is O=C(NCC1CC2(CCNCC2)C(=O)O1)c1ccc2cncc(Br)c2n1.O=C(O)C(F)(F)F. The summed E-state index contributed by atoms with van der Waals surface area (Å²) in [5.41, 5.74) is 0.638. The molecule has 0 aromatic carbocycles. The predicted molar refractivity (Wildman–Crippen MR) is 112 cm³/mol. The lowest BCUT2D eigenvalue weighted by molar-refractivity contribution is -0.192. The number of carboxylic acid groups (broad SMARTS) is 1. The van der Waals surface area contributed by atoms with E-state index in [9.17, 15) is 22.8 Å². The second-order valence-electron chi connectivity index (χ2n) is 7.66. The summed E-state index contributed by atoms with van der Waals surface area (Å²) in [6, 6.07) is 3.48. The van der Waals surface area contributed by atoms with Crippen molar-refractivity contribution in [2.75, 3.05) is 19.6 Å². The molecule has 2 aromatic heterocycles. The van der Waals surface area contributed by atoms with E-state index in [0.29, 0.717) is 24.2 Å². The number of nitrogens with one attached hydrogen (secondary N) is 2. The summed E-state index contributed by atoms with van der Waals surface area (Å²) in [7, 11) is 0. The quantitative estimate of drug-likeness (QED) is 0.514. The number of amides is 1. The van der Waals surface area contributed by atoms with Crippen molar-refractivity contribution in [3.63, 3.8) is 0 Å². The minimum absolute atomic E-state index is 0.126. The standard InChI is InChI=1S/C18H19BrN4O3.C2HF3O2/c19-13-10-21-8-11-1-2-14(23-15(11)13)16(24)22-9-12-7-18(17(25)26-12)3-5-20-6-4-18;3-2(4,5)1(6)7/h1-2,8,10,12,20H,3-7,9H2,(H,22,24);(H,6,7). The molecule has 4 rings (SSSR count). The zero-order chi connectivity index (χ0) is 24.2. The van der Waals surface area contributed by atoms with Crippen LogP contribution in [-0.4, -0.2) is 64.8 Å². The zero-order valence-corrected chi connectivity index (χ0v) is 18.7. The first-order valence-corrected chi connectivity index (χ1v) is 10.7. The highest BCUT2D eigenvalue weighted by molar-refractivity contribution is 9.10. The molecule has 1 amide bonds. The predicted octanol–water partition coefficient (Wildman–Crippen LogP) is 2.44. The third-order valence-corrected chi connectivity index (χ3v) is 5.99. The summed E-state index contributed by atoms with van der Waals surface area (Å²) in [4.78, 5) is 42.1. The Bertz CT molecular complexity index is 1060. The molecule has 4 heterocycles. The van der Waals surface area contributed by atoms with E-state index in [-0.39, 0.29) is 23.4 Å². The van der Waals surface area contributed by atoms with Gasteiger partial charge in [0.15, 0.2) is 0 Å². The molecule has 2 aliphatic heterocycles.